The maximum atomic E-state index is 11.2. The van der Waals surface area contributed by atoms with Crippen LogP contribution in [0.2, 0.25) is 0 Å². The van der Waals surface area contributed by atoms with Gasteiger partial charge in [0.2, 0.25) is 0 Å². The summed E-state index contributed by atoms with van der Waals surface area (Å²) in [5.41, 5.74) is 0.972. The molecule has 6 nitrogen and oxygen atoms in total. The molecule has 1 rings (SSSR count). The molecule has 0 amide bonds. The van der Waals surface area contributed by atoms with Crippen LogP contribution in [0, 0.1) is 10.1 Å². The van der Waals surface area contributed by atoms with Crippen LogP contribution in [0.3, 0.4) is 0 Å². The lowest BCUT2D eigenvalue weighted by Crippen LogP contribution is -2.23. The Bertz CT molecular complexity index is 420. The maximum Gasteiger partial charge on any atom is 0.315 e. The minimum Gasteiger partial charge on any atom is -0.394 e. The summed E-state index contributed by atoms with van der Waals surface area (Å²) >= 11 is 0. The molecule has 0 fully saturated rings. The van der Waals surface area contributed by atoms with Gasteiger partial charge >= 0.3 is 5.69 Å². The Morgan fingerprint density at radius 3 is 2.58 bits per heavy atom. The van der Waals surface area contributed by atoms with Crippen molar-refractivity contribution in [3.05, 3.63) is 28.3 Å². The zero-order valence-electron chi connectivity index (χ0n) is 11.3. The minimum atomic E-state index is -0.398. The lowest BCUT2D eigenvalue weighted by Gasteiger charge is -2.17. The zero-order valence-corrected chi connectivity index (χ0v) is 11.3. The summed E-state index contributed by atoms with van der Waals surface area (Å²) in [4.78, 5) is 10.8. The number of hydrogen-bond acceptors (Lipinski definition) is 5. The van der Waals surface area contributed by atoms with Gasteiger partial charge in [-0.15, -0.1) is 0 Å². The van der Waals surface area contributed by atoms with Crippen LogP contribution < -0.4 is 10.6 Å². The van der Waals surface area contributed by atoms with Gasteiger partial charge in [-0.2, -0.15) is 0 Å². The van der Waals surface area contributed by atoms with Gasteiger partial charge in [0, 0.05) is 12.6 Å². The number of rotatable bonds is 8. The minimum absolute atomic E-state index is 0.0304. The predicted molar refractivity (Wildman–Crippen MR) is 76.7 cm³/mol. The summed E-state index contributed by atoms with van der Waals surface area (Å²) in [5.74, 6) is 0. The molecule has 0 saturated carbocycles. The first-order chi connectivity index (χ1) is 9.13. The molecule has 0 heterocycles. The van der Waals surface area contributed by atoms with Crippen LogP contribution in [0.25, 0.3) is 0 Å². The Kier molecular flexibility index (Phi) is 6.08. The topological polar surface area (TPSA) is 87.4 Å². The standard InChI is InChI=1S/C13H21N3O3/c1-3-8-14-11-6-5-7-12(13(11)16(18)19)15-10(4-2)9-17/h5-7,10,14-15,17H,3-4,8-9H2,1-2H3. The molecule has 0 aliphatic rings. The van der Waals surface area contributed by atoms with Crippen LogP contribution in [0.1, 0.15) is 26.7 Å². The van der Waals surface area contributed by atoms with Crippen molar-refractivity contribution in [2.75, 3.05) is 23.8 Å². The summed E-state index contributed by atoms with van der Waals surface area (Å²) in [7, 11) is 0. The lowest BCUT2D eigenvalue weighted by molar-refractivity contribution is -0.383. The SMILES string of the molecule is CCCNc1cccc(NC(CC)CO)c1[N+](=O)[O-]. The number of aliphatic hydroxyl groups is 1. The third-order valence-electron chi connectivity index (χ3n) is 2.86. The summed E-state index contributed by atoms with van der Waals surface area (Å²) in [5, 5.41) is 26.5. The third kappa shape index (κ3) is 4.10. The van der Waals surface area contributed by atoms with Crippen molar-refractivity contribution >= 4 is 17.1 Å². The van der Waals surface area contributed by atoms with Gasteiger partial charge in [0.25, 0.3) is 0 Å². The molecule has 106 valence electrons. The molecule has 0 aromatic heterocycles. The molecule has 6 heteroatoms. The fourth-order valence-electron chi connectivity index (χ4n) is 1.76. The van der Waals surface area contributed by atoms with Crippen molar-refractivity contribution in [1.29, 1.82) is 0 Å². The lowest BCUT2D eigenvalue weighted by atomic mass is 10.2. The quantitative estimate of drug-likeness (QED) is 0.498. The number of para-hydroxylation sites is 1. The smallest absolute Gasteiger partial charge is 0.315 e. The van der Waals surface area contributed by atoms with E-state index in [0.717, 1.165) is 6.42 Å². The molecular formula is C13H21N3O3. The second-order valence-corrected chi connectivity index (χ2v) is 4.32. The molecule has 0 spiro atoms. The van der Waals surface area contributed by atoms with Crippen molar-refractivity contribution in [2.45, 2.75) is 32.7 Å². The normalized spacial score (nSPS) is 11.9. The zero-order chi connectivity index (χ0) is 14.3. The third-order valence-corrected chi connectivity index (χ3v) is 2.86. The summed E-state index contributed by atoms with van der Waals surface area (Å²) in [6, 6.07) is 4.93. The molecule has 1 aromatic carbocycles. The van der Waals surface area contributed by atoms with Gasteiger partial charge < -0.3 is 15.7 Å². The molecule has 1 aromatic rings. The number of aliphatic hydroxyl groups excluding tert-OH is 1. The Balaban J connectivity index is 3.05. The van der Waals surface area contributed by atoms with Crippen LogP contribution >= 0.6 is 0 Å². The van der Waals surface area contributed by atoms with Gasteiger partial charge in [-0.3, -0.25) is 10.1 Å². The van der Waals surface area contributed by atoms with Gasteiger partial charge in [-0.1, -0.05) is 19.9 Å². The fraction of sp³-hybridized carbons (Fsp3) is 0.538. The Morgan fingerprint density at radius 2 is 2.05 bits per heavy atom. The number of anilines is 2. The monoisotopic (exact) mass is 267 g/mol. The van der Waals surface area contributed by atoms with Crippen molar-refractivity contribution < 1.29 is 10.0 Å². The molecule has 0 saturated heterocycles. The highest BCUT2D eigenvalue weighted by Gasteiger charge is 2.20. The van der Waals surface area contributed by atoms with E-state index in [-0.39, 0.29) is 18.3 Å². The molecule has 1 unspecified atom stereocenters. The number of nitrogens with one attached hydrogen (secondary N) is 2. The number of benzene rings is 1. The van der Waals surface area contributed by atoms with Gasteiger partial charge in [0.1, 0.15) is 11.4 Å². The van der Waals surface area contributed by atoms with E-state index in [9.17, 15) is 15.2 Å². The second-order valence-electron chi connectivity index (χ2n) is 4.32. The van der Waals surface area contributed by atoms with Gasteiger partial charge in [-0.25, -0.2) is 0 Å². The first-order valence-corrected chi connectivity index (χ1v) is 6.52. The van der Waals surface area contributed by atoms with Crippen LogP contribution in [0.5, 0.6) is 0 Å². The Labute approximate surface area is 113 Å². The van der Waals surface area contributed by atoms with E-state index < -0.39 is 4.92 Å². The molecule has 0 bridgehead atoms. The molecule has 1 atom stereocenters. The predicted octanol–water partition coefficient (Wildman–Crippen LogP) is 2.60. The molecule has 3 N–H and O–H groups in total. The van der Waals surface area contributed by atoms with Crippen LogP contribution in [0.4, 0.5) is 17.1 Å². The summed E-state index contributed by atoms with van der Waals surface area (Å²) in [6.45, 7) is 4.54. The van der Waals surface area contributed by atoms with E-state index in [4.69, 9.17) is 0 Å². The van der Waals surface area contributed by atoms with E-state index >= 15 is 0 Å². The van der Waals surface area contributed by atoms with Crippen LogP contribution in [-0.2, 0) is 0 Å². The molecule has 0 aliphatic carbocycles. The number of nitrogens with zero attached hydrogens (tertiary/aromatic N) is 1. The van der Waals surface area contributed by atoms with Crippen molar-refractivity contribution in [3.8, 4) is 0 Å². The van der Waals surface area contributed by atoms with E-state index in [1.165, 1.54) is 0 Å². The Hall–Kier alpha value is -1.82. The number of hydrogen-bond donors (Lipinski definition) is 3. The van der Waals surface area contributed by atoms with Gasteiger partial charge in [-0.05, 0) is 25.0 Å². The van der Waals surface area contributed by atoms with E-state index in [2.05, 4.69) is 10.6 Å². The molecule has 0 aliphatic heterocycles. The van der Waals surface area contributed by atoms with Gasteiger partial charge in [0.15, 0.2) is 0 Å². The van der Waals surface area contributed by atoms with Gasteiger partial charge in [0.05, 0.1) is 11.5 Å². The molecule has 19 heavy (non-hydrogen) atoms. The van der Waals surface area contributed by atoms with E-state index in [1.807, 2.05) is 13.8 Å². The highest BCUT2D eigenvalue weighted by Crippen LogP contribution is 2.33. The first kappa shape index (κ1) is 15.2. The fourth-order valence-corrected chi connectivity index (χ4v) is 1.76. The summed E-state index contributed by atoms with van der Waals surface area (Å²) < 4.78 is 0. The van der Waals surface area contributed by atoms with Crippen LogP contribution in [0.15, 0.2) is 18.2 Å². The van der Waals surface area contributed by atoms with E-state index in [0.29, 0.717) is 24.3 Å². The van der Waals surface area contributed by atoms with Crippen molar-refractivity contribution in [3.63, 3.8) is 0 Å². The average molecular weight is 267 g/mol. The highest BCUT2D eigenvalue weighted by atomic mass is 16.6. The summed E-state index contributed by atoms with van der Waals surface area (Å²) in [6.07, 6.45) is 1.59. The average Bonchev–Trinajstić information content (AvgIpc) is 2.42. The second kappa shape index (κ2) is 7.58. The van der Waals surface area contributed by atoms with Crippen LogP contribution in [-0.4, -0.2) is 29.2 Å². The first-order valence-electron chi connectivity index (χ1n) is 6.52. The number of nitro benzene ring substituents is 1. The van der Waals surface area contributed by atoms with Crippen molar-refractivity contribution in [2.24, 2.45) is 0 Å². The molecular weight excluding hydrogens is 246 g/mol. The largest absolute Gasteiger partial charge is 0.394 e. The maximum absolute atomic E-state index is 11.2. The highest BCUT2D eigenvalue weighted by molar-refractivity contribution is 5.76. The van der Waals surface area contributed by atoms with Crippen molar-refractivity contribution in [1.82, 2.24) is 0 Å². The Morgan fingerprint density at radius 1 is 1.37 bits per heavy atom. The van der Waals surface area contributed by atoms with E-state index in [1.54, 1.807) is 18.2 Å². The number of nitro groups is 1. The molecule has 0 radical (unpaired) electrons.